The van der Waals surface area contributed by atoms with E-state index in [2.05, 4.69) is 31.9 Å². The smallest absolute Gasteiger partial charge is 0.303 e. The van der Waals surface area contributed by atoms with Crippen LogP contribution in [0.5, 0.6) is 0 Å². The van der Waals surface area contributed by atoms with Crippen molar-refractivity contribution in [1.29, 1.82) is 0 Å². The minimum absolute atomic E-state index is 0.0542. The first kappa shape index (κ1) is 16.6. The van der Waals surface area contributed by atoms with E-state index in [0.717, 1.165) is 8.78 Å². The van der Waals surface area contributed by atoms with Crippen molar-refractivity contribution >= 4 is 47.9 Å². The molecule has 0 saturated heterocycles. The van der Waals surface area contributed by atoms with Gasteiger partial charge in [0.25, 0.3) is 0 Å². The molecule has 0 bridgehead atoms. The standard InChI is InChI=1S/C11H13Br2NO4S/c1-14(6-2-3-11(15)16)19(17,18)10-5-4-8(12)7-9(10)13/h4-5,7H,2-3,6H2,1H3,(H,15,16). The molecule has 0 aliphatic carbocycles. The summed E-state index contributed by atoms with van der Waals surface area (Å²) in [5.41, 5.74) is 0. The summed E-state index contributed by atoms with van der Waals surface area (Å²) in [5, 5.41) is 8.54. The van der Waals surface area contributed by atoms with Crippen molar-refractivity contribution in [2.24, 2.45) is 0 Å². The van der Waals surface area contributed by atoms with E-state index in [4.69, 9.17) is 5.11 Å². The lowest BCUT2D eigenvalue weighted by Crippen LogP contribution is -2.28. The summed E-state index contributed by atoms with van der Waals surface area (Å²) in [6, 6.07) is 4.79. The molecule has 8 heteroatoms. The van der Waals surface area contributed by atoms with Crippen molar-refractivity contribution in [3.8, 4) is 0 Å². The van der Waals surface area contributed by atoms with Crippen LogP contribution in [0.2, 0.25) is 0 Å². The van der Waals surface area contributed by atoms with E-state index in [1.165, 1.54) is 13.1 Å². The number of sulfonamides is 1. The number of hydrogen-bond donors (Lipinski definition) is 1. The first-order chi connectivity index (χ1) is 8.75. The Kier molecular flexibility index (Phi) is 5.97. The summed E-state index contributed by atoms with van der Waals surface area (Å²) < 4.78 is 26.9. The van der Waals surface area contributed by atoms with Gasteiger partial charge in [-0.05, 0) is 40.5 Å². The maximum atomic E-state index is 12.3. The van der Waals surface area contributed by atoms with E-state index >= 15 is 0 Å². The van der Waals surface area contributed by atoms with Gasteiger partial charge in [0.2, 0.25) is 10.0 Å². The monoisotopic (exact) mass is 413 g/mol. The third-order valence-corrected chi connectivity index (χ3v) is 5.77. The Morgan fingerprint density at radius 1 is 1.37 bits per heavy atom. The highest BCUT2D eigenvalue weighted by molar-refractivity contribution is 9.11. The molecule has 0 aromatic heterocycles. The average Bonchev–Trinajstić information content (AvgIpc) is 2.27. The van der Waals surface area contributed by atoms with Crippen molar-refractivity contribution in [3.05, 3.63) is 27.1 Å². The van der Waals surface area contributed by atoms with Gasteiger partial charge >= 0.3 is 5.97 Å². The zero-order chi connectivity index (χ0) is 14.6. The largest absolute Gasteiger partial charge is 0.481 e. The van der Waals surface area contributed by atoms with Gasteiger partial charge in [-0.25, -0.2) is 12.7 Å². The molecule has 19 heavy (non-hydrogen) atoms. The van der Waals surface area contributed by atoms with Crippen LogP contribution in [0.1, 0.15) is 12.8 Å². The molecule has 0 heterocycles. The third kappa shape index (κ3) is 4.55. The van der Waals surface area contributed by atoms with Gasteiger partial charge in [-0.1, -0.05) is 15.9 Å². The quantitative estimate of drug-likeness (QED) is 0.776. The first-order valence-corrected chi connectivity index (χ1v) is 8.41. The maximum Gasteiger partial charge on any atom is 0.303 e. The summed E-state index contributed by atoms with van der Waals surface area (Å²) in [6.45, 7) is 0.164. The van der Waals surface area contributed by atoms with Gasteiger partial charge in [0.15, 0.2) is 0 Å². The van der Waals surface area contributed by atoms with Crippen LogP contribution < -0.4 is 0 Å². The Bertz CT molecular complexity index is 574. The second-order valence-electron chi connectivity index (χ2n) is 3.90. The summed E-state index contributed by atoms with van der Waals surface area (Å²) >= 11 is 6.47. The van der Waals surface area contributed by atoms with Crippen LogP contribution >= 0.6 is 31.9 Å². The van der Waals surface area contributed by atoms with Crippen molar-refractivity contribution in [3.63, 3.8) is 0 Å². The Balaban J connectivity index is 2.87. The van der Waals surface area contributed by atoms with Crippen LogP contribution in [0.3, 0.4) is 0 Å². The summed E-state index contributed by atoms with van der Waals surface area (Å²) in [5.74, 6) is -0.935. The minimum atomic E-state index is -3.61. The molecule has 5 nitrogen and oxygen atoms in total. The fourth-order valence-electron chi connectivity index (χ4n) is 1.43. The number of carboxylic acids is 1. The van der Waals surface area contributed by atoms with E-state index in [-0.39, 0.29) is 24.3 Å². The maximum absolute atomic E-state index is 12.3. The van der Waals surface area contributed by atoms with Gasteiger partial charge in [-0.3, -0.25) is 4.79 Å². The molecule has 0 amide bonds. The van der Waals surface area contributed by atoms with Gasteiger partial charge in [0.1, 0.15) is 0 Å². The summed E-state index contributed by atoms with van der Waals surface area (Å²) in [4.78, 5) is 10.6. The second-order valence-corrected chi connectivity index (χ2v) is 7.68. The molecule has 0 unspecified atom stereocenters. The van der Waals surface area contributed by atoms with Crippen LogP contribution in [-0.4, -0.2) is 37.4 Å². The van der Waals surface area contributed by atoms with Gasteiger partial charge in [0.05, 0.1) is 4.90 Å². The SMILES string of the molecule is CN(CCCC(=O)O)S(=O)(=O)c1ccc(Br)cc1Br. The van der Waals surface area contributed by atoms with Crippen molar-refractivity contribution < 1.29 is 18.3 Å². The van der Waals surface area contributed by atoms with Gasteiger partial charge < -0.3 is 5.11 Å². The Morgan fingerprint density at radius 3 is 2.53 bits per heavy atom. The third-order valence-electron chi connectivity index (χ3n) is 2.45. The molecule has 106 valence electrons. The number of hydrogen-bond acceptors (Lipinski definition) is 3. The number of rotatable bonds is 6. The molecule has 1 N–H and O–H groups in total. The zero-order valence-corrected chi connectivity index (χ0v) is 14.1. The Labute approximate surface area is 128 Å². The molecule has 0 aliphatic heterocycles. The molecule has 1 aromatic rings. The summed E-state index contributed by atoms with van der Waals surface area (Å²) in [7, 11) is -2.18. The number of aliphatic carboxylic acids is 1. The molecule has 0 spiro atoms. The molecular weight excluding hydrogens is 402 g/mol. The fourth-order valence-corrected chi connectivity index (χ4v) is 4.34. The molecule has 1 aromatic carbocycles. The first-order valence-electron chi connectivity index (χ1n) is 5.38. The second kappa shape index (κ2) is 6.83. The number of halogens is 2. The van der Waals surface area contributed by atoms with Crippen LogP contribution in [0.4, 0.5) is 0 Å². The van der Waals surface area contributed by atoms with Crippen LogP contribution in [0.15, 0.2) is 32.0 Å². The van der Waals surface area contributed by atoms with Crippen molar-refractivity contribution in [1.82, 2.24) is 4.31 Å². The van der Waals surface area contributed by atoms with Gasteiger partial charge in [-0.15, -0.1) is 0 Å². The molecule has 1 rings (SSSR count). The van der Waals surface area contributed by atoms with Crippen molar-refractivity contribution in [2.75, 3.05) is 13.6 Å². The highest BCUT2D eigenvalue weighted by Gasteiger charge is 2.23. The fraction of sp³-hybridized carbons (Fsp3) is 0.364. The van der Waals surface area contributed by atoms with E-state index in [9.17, 15) is 13.2 Å². The summed E-state index contributed by atoms with van der Waals surface area (Å²) in [6.07, 6.45) is 0.223. The van der Waals surface area contributed by atoms with Gasteiger partial charge in [0, 0.05) is 29.0 Å². The highest BCUT2D eigenvalue weighted by Crippen LogP contribution is 2.27. The van der Waals surface area contributed by atoms with Gasteiger partial charge in [-0.2, -0.15) is 0 Å². The number of nitrogens with zero attached hydrogens (tertiary/aromatic N) is 1. The van der Waals surface area contributed by atoms with E-state index in [0.29, 0.717) is 4.47 Å². The molecule has 0 atom stereocenters. The molecule has 0 aliphatic rings. The normalized spacial score (nSPS) is 11.8. The van der Waals surface area contributed by atoms with E-state index < -0.39 is 16.0 Å². The number of carboxylic acid groups (broad SMARTS) is 1. The van der Waals surface area contributed by atoms with Crippen LogP contribution in [-0.2, 0) is 14.8 Å². The lowest BCUT2D eigenvalue weighted by molar-refractivity contribution is -0.137. The van der Waals surface area contributed by atoms with E-state index in [1.807, 2.05) is 0 Å². The molecule has 0 saturated carbocycles. The van der Waals surface area contributed by atoms with Crippen LogP contribution in [0, 0.1) is 0 Å². The Morgan fingerprint density at radius 2 is 2.00 bits per heavy atom. The van der Waals surface area contributed by atoms with E-state index in [1.54, 1.807) is 12.1 Å². The predicted molar refractivity (Wildman–Crippen MR) is 78.5 cm³/mol. The van der Waals surface area contributed by atoms with Crippen molar-refractivity contribution in [2.45, 2.75) is 17.7 Å². The highest BCUT2D eigenvalue weighted by atomic mass is 79.9. The zero-order valence-electron chi connectivity index (χ0n) is 10.1. The molecule has 0 radical (unpaired) electrons. The lowest BCUT2D eigenvalue weighted by Gasteiger charge is -2.17. The average molecular weight is 415 g/mol. The number of carbonyl (C=O) groups is 1. The Hall–Kier alpha value is -0.440. The molecular formula is C11H13Br2NO4S. The number of benzene rings is 1. The molecule has 0 fully saturated rings. The lowest BCUT2D eigenvalue weighted by atomic mass is 10.3. The van der Waals surface area contributed by atoms with Crippen LogP contribution in [0.25, 0.3) is 0 Å². The minimum Gasteiger partial charge on any atom is -0.481 e. The topological polar surface area (TPSA) is 74.7 Å². The predicted octanol–water partition coefficient (Wildman–Crippen LogP) is 2.70.